The fourth-order valence-corrected chi connectivity index (χ4v) is 7.63. The summed E-state index contributed by atoms with van der Waals surface area (Å²) in [5, 5.41) is 0. The Morgan fingerprint density at radius 1 is 0.119 bits per heavy atom. The van der Waals surface area contributed by atoms with Gasteiger partial charge >= 0.3 is 0 Å². The number of unbranched alkanes of at least 4 members (excludes halogenated alkanes) is 37. The highest BCUT2D eigenvalue weighted by molar-refractivity contribution is 14.1. The molecule has 0 bridgehead atoms. The summed E-state index contributed by atoms with van der Waals surface area (Å²) in [6, 6.07) is 0. The van der Waals surface area contributed by atoms with Crippen LogP contribution < -0.4 is 0 Å². The van der Waals surface area contributed by atoms with Crippen LogP contribution in [0.3, 0.4) is 0 Å². The molecule has 0 rings (SSSR count). The zero-order chi connectivity index (χ0) is 30.3. The summed E-state index contributed by atoms with van der Waals surface area (Å²) in [5.41, 5.74) is 0. The van der Waals surface area contributed by atoms with Crippen LogP contribution in [0.25, 0.3) is 0 Å². The molecule has 0 aromatic rings. The molecule has 2 heteroatoms. The number of halogens is 2. The lowest BCUT2D eigenvalue weighted by Crippen LogP contribution is -1.85. The summed E-state index contributed by atoms with van der Waals surface area (Å²) in [4.78, 5) is 0. The molecular formula is C40H80I2. The van der Waals surface area contributed by atoms with Gasteiger partial charge in [-0.25, -0.2) is 0 Å². The summed E-state index contributed by atoms with van der Waals surface area (Å²) in [6.45, 7) is 0. The quantitative estimate of drug-likeness (QED) is 0.0329. The summed E-state index contributed by atoms with van der Waals surface area (Å²) < 4.78 is 2.69. The van der Waals surface area contributed by atoms with Gasteiger partial charge in [0.15, 0.2) is 0 Å². The Morgan fingerprint density at radius 2 is 0.190 bits per heavy atom. The highest BCUT2D eigenvalue weighted by atomic mass is 127. The molecule has 254 valence electrons. The normalized spacial score (nSPS) is 11.6. The minimum absolute atomic E-state index is 1.34. The molecule has 0 fully saturated rings. The lowest BCUT2D eigenvalue weighted by Gasteiger charge is -2.05. The van der Waals surface area contributed by atoms with E-state index in [2.05, 4.69) is 45.2 Å². The Bertz CT molecular complexity index is 397. The molecule has 0 unspecified atom stereocenters. The minimum atomic E-state index is 1.34. The van der Waals surface area contributed by atoms with Gasteiger partial charge in [-0.2, -0.15) is 0 Å². The van der Waals surface area contributed by atoms with Crippen LogP contribution in [0.4, 0.5) is 0 Å². The fraction of sp³-hybridized carbons (Fsp3) is 1.00. The van der Waals surface area contributed by atoms with E-state index in [0.717, 1.165) is 0 Å². The van der Waals surface area contributed by atoms with Crippen LogP contribution in [-0.2, 0) is 0 Å². The summed E-state index contributed by atoms with van der Waals surface area (Å²) in [7, 11) is 0. The second-order valence-electron chi connectivity index (χ2n) is 13.8. The molecule has 0 aromatic heterocycles. The predicted molar refractivity (Wildman–Crippen MR) is 213 cm³/mol. The molecule has 0 heterocycles. The maximum absolute atomic E-state index is 2.50. The molecule has 0 atom stereocenters. The second kappa shape index (κ2) is 42.5. The number of rotatable bonds is 39. The van der Waals surface area contributed by atoms with Crippen LogP contribution in [-0.4, -0.2) is 8.86 Å². The second-order valence-corrected chi connectivity index (χ2v) is 16.0. The van der Waals surface area contributed by atoms with Gasteiger partial charge in [-0.05, 0) is 21.7 Å². The number of alkyl halides is 2. The standard InChI is InChI=1S/C40H80I2/c41-39-37-35-33-31-29-27-25-23-21-19-17-15-13-11-9-7-5-3-1-2-4-6-8-10-12-14-16-18-20-22-24-26-28-30-32-34-36-38-40-42/h1-40H2. The van der Waals surface area contributed by atoms with Crippen LogP contribution in [0.1, 0.15) is 244 Å². The third-order valence-electron chi connectivity index (χ3n) is 9.52. The molecular weight excluding hydrogens is 734 g/mol. The maximum Gasteiger partial charge on any atom is -0.000473 e. The SMILES string of the molecule is ICCCCCCCCCCCCCCCCCCCCCCCCCCCCCCCCCCCCCCCCI. The Kier molecular flexibility index (Phi) is 43.9. The number of hydrogen-bond acceptors (Lipinski definition) is 0. The molecule has 0 spiro atoms. The van der Waals surface area contributed by atoms with Gasteiger partial charge in [-0.15, -0.1) is 0 Å². The van der Waals surface area contributed by atoms with Crippen molar-refractivity contribution in [1.82, 2.24) is 0 Å². The van der Waals surface area contributed by atoms with Crippen molar-refractivity contribution in [1.29, 1.82) is 0 Å². The van der Waals surface area contributed by atoms with Crippen molar-refractivity contribution < 1.29 is 0 Å². The molecule has 42 heavy (non-hydrogen) atoms. The largest absolute Gasteiger partial charge is 0.0864 e. The summed E-state index contributed by atoms with van der Waals surface area (Å²) in [6.07, 6.45) is 56.5. The van der Waals surface area contributed by atoms with Gasteiger partial charge in [0.1, 0.15) is 0 Å². The van der Waals surface area contributed by atoms with Gasteiger partial charge < -0.3 is 0 Å². The van der Waals surface area contributed by atoms with E-state index in [1.54, 1.807) is 0 Å². The van der Waals surface area contributed by atoms with Crippen LogP contribution in [0, 0.1) is 0 Å². The van der Waals surface area contributed by atoms with Crippen molar-refractivity contribution in [2.75, 3.05) is 8.86 Å². The van der Waals surface area contributed by atoms with Gasteiger partial charge in [0.25, 0.3) is 0 Å². The molecule has 0 aliphatic rings. The molecule has 0 aliphatic carbocycles. The predicted octanol–water partition coefficient (Wildman–Crippen LogP) is 16.7. The van der Waals surface area contributed by atoms with Crippen LogP contribution in [0.5, 0.6) is 0 Å². The molecule has 0 saturated carbocycles. The Balaban J connectivity index is 3.02. The van der Waals surface area contributed by atoms with E-state index < -0.39 is 0 Å². The minimum Gasteiger partial charge on any atom is -0.0864 e. The van der Waals surface area contributed by atoms with E-state index in [9.17, 15) is 0 Å². The summed E-state index contributed by atoms with van der Waals surface area (Å²) >= 11 is 5.01. The first-order valence-corrected chi connectivity index (χ1v) is 23.1. The first kappa shape index (κ1) is 43.5. The lowest BCUT2D eigenvalue weighted by molar-refractivity contribution is 0.510. The Labute approximate surface area is 295 Å². The van der Waals surface area contributed by atoms with Gasteiger partial charge in [0, 0.05) is 0 Å². The van der Waals surface area contributed by atoms with E-state index in [4.69, 9.17) is 0 Å². The molecule has 0 nitrogen and oxygen atoms in total. The molecule has 0 aliphatic heterocycles. The van der Waals surface area contributed by atoms with Crippen molar-refractivity contribution in [3.05, 3.63) is 0 Å². The fourth-order valence-electron chi connectivity index (χ4n) is 6.55. The van der Waals surface area contributed by atoms with E-state index in [0.29, 0.717) is 0 Å². The van der Waals surface area contributed by atoms with Crippen molar-refractivity contribution in [3.8, 4) is 0 Å². The number of hydrogen-bond donors (Lipinski definition) is 0. The molecule has 0 N–H and O–H groups in total. The van der Waals surface area contributed by atoms with Gasteiger partial charge in [-0.1, -0.05) is 276 Å². The topological polar surface area (TPSA) is 0 Å². The van der Waals surface area contributed by atoms with E-state index in [1.807, 2.05) is 0 Å². The first-order chi connectivity index (χ1) is 20.9. The Hall–Kier alpha value is 1.46. The molecule has 0 aromatic carbocycles. The highest BCUT2D eigenvalue weighted by Crippen LogP contribution is 2.17. The smallest absolute Gasteiger partial charge is 0.000473 e. The Morgan fingerprint density at radius 3 is 0.262 bits per heavy atom. The van der Waals surface area contributed by atoms with Crippen LogP contribution in [0.2, 0.25) is 0 Å². The zero-order valence-electron chi connectivity index (χ0n) is 29.0. The molecule has 0 radical (unpaired) electrons. The van der Waals surface area contributed by atoms with Gasteiger partial charge in [0.2, 0.25) is 0 Å². The van der Waals surface area contributed by atoms with Crippen molar-refractivity contribution in [3.63, 3.8) is 0 Å². The van der Waals surface area contributed by atoms with Crippen molar-refractivity contribution >= 4 is 45.2 Å². The first-order valence-electron chi connectivity index (χ1n) is 20.0. The monoisotopic (exact) mass is 814 g/mol. The summed E-state index contributed by atoms with van der Waals surface area (Å²) in [5.74, 6) is 0. The van der Waals surface area contributed by atoms with Crippen LogP contribution in [0.15, 0.2) is 0 Å². The average molecular weight is 815 g/mol. The van der Waals surface area contributed by atoms with Crippen molar-refractivity contribution in [2.45, 2.75) is 244 Å². The van der Waals surface area contributed by atoms with E-state index >= 15 is 0 Å². The zero-order valence-corrected chi connectivity index (χ0v) is 33.4. The molecule has 0 amide bonds. The van der Waals surface area contributed by atoms with E-state index in [-0.39, 0.29) is 0 Å². The third kappa shape index (κ3) is 41.5. The van der Waals surface area contributed by atoms with Gasteiger partial charge in [-0.3, -0.25) is 0 Å². The average Bonchev–Trinajstić information content (AvgIpc) is 3.00. The van der Waals surface area contributed by atoms with Crippen LogP contribution >= 0.6 is 45.2 Å². The third-order valence-corrected chi connectivity index (χ3v) is 11.0. The van der Waals surface area contributed by atoms with Crippen molar-refractivity contribution in [2.24, 2.45) is 0 Å². The van der Waals surface area contributed by atoms with E-state index in [1.165, 1.54) is 253 Å². The lowest BCUT2D eigenvalue weighted by atomic mass is 10.0. The molecule has 0 saturated heterocycles. The highest BCUT2D eigenvalue weighted by Gasteiger charge is 1.98. The maximum atomic E-state index is 2.50. The van der Waals surface area contributed by atoms with Gasteiger partial charge in [0.05, 0.1) is 0 Å².